The highest BCUT2D eigenvalue weighted by Crippen LogP contribution is 2.24. The molecule has 1 rings (SSSR count). The number of carbonyl (C=O) groups excluding carboxylic acids is 2. The highest BCUT2D eigenvalue weighted by atomic mass is 16.6. The summed E-state index contributed by atoms with van der Waals surface area (Å²) >= 11 is 0. The van der Waals surface area contributed by atoms with Gasteiger partial charge in [-0.2, -0.15) is 0 Å². The summed E-state index contributed by atoms with van der Waals surface area (Å²) in [7, 11) is 0. The molecule has 0 aromatic heterocycles. The molecule has 1 amide bonds. The molecule has 0 saturated carbocycles. The van der Waals surface area contributed by atoms with Crippen molar-refractivity contribution in [2.45, 2.75) is 43.0 Å². The molecule has 10 heteroatoms. The zero-order chi connectivity index (χ0) is 17.0. The van der Waals surface area contributed by atoms with Gasteiger partial charge in [-0.25, -0.2) is 0 Å². The zero-order valence-electron chi connectivity index (χ0n) is 11.6. The minimum absolute atomic E-state index is 0.581. The Labute approximate surface area is 125 Å². The molecular formula is C12H21NO9. The predicted molar refractivity (Wildman–Crippen MR) is 69.2 cm³/mol. The first kappa shape index (κ1) is 18.9. The summed E-state index contributed by atoms with van der Waals surface area (Å²) in [5.74, 6) is -3.08. The molecule has 2 unspecified atom stereocenters. The van der Waals surface area contributed by atoms with E-state index in [9.17, 15) is 30.0 Å². The van der Waals surface area contributed by atoms with Crippen LogP contribution in [-0.2, 0) is 14.3 Å². The van der Waals surface area contributed by atoms with Crippen LogP contribution < -0.4 is 5.73 Å². The summed E-state index contributed by atoms with van der Waals surface area (Å²) in [6.45, 7) is -1.40. The maximum absolute atomic E-state index is 11.9. The van der Waals surface area contributed by atoms with Crippen molar-refractivity contribution in [1.82, 2.24) is 0 Å². The molecule has 10 nitrogen and oxygen atoms in total. The lowest BCUT2D eigenvalue weighted by atomic mass is 9.89. The van der Waals surface area contributed by atoms with E-state index in [1.807, 2.05) is 0 Å². The first-order valence-corrected chi connectivity index (χ1v) is 6.66. The van der Waals surface area contributed by atoms with Gasteiger partial charge in [-0.05, 0) is 0 Å². The second-order valence-corrected chi connectivity index (χ2v) is 5.19. The second kappa shape index (κ2) is 7.92. The van der Waals surface area contributed by atoms with Crippen LogP contribution in [0.15, 0.2) is 0 Å². The van der Waals surface area contributed by atoms with E-state index in [2.05, 4.69) is 0 Å². The summed E-state index contributed by atoms with van der Waals surface area (Å²) in [6, 6.07) is 0. The van der Waals surface area contributed by atoms with E-state index >= 15 is 0 Å². The fourth-order valence-electron chi connectivity index (χ4n) is 2.19. The van der Waals surface area contributed by atoms with E-state index in [0.29, 0.717) is 0 Å². The van der Waals surface area contributed by atoms with Crippen LogP contribution in [0.2, 0.25) is 0 Å². The number of amides is 1. The van der Waals surface area contributed by atoms with Crippen LogP contribution in [0.25, 0.3) is 0 Å². The van der Waals surface area contributed by atoms with Gasteiger partial charge in [0.2, 0.25) is 5.91 Å². The largest absolute Gasteiger partial charge is 0.396 e. The van der Waals surface area contributed by atoms with Crippen molar-refractivity contribution >= 4 is 11.7 Å². The van der Waals surface area contributed by atoms with Crippen LogP contribution in [0.3, 0.4) is 0 Å². The third kappa shape index (κ3) is 3.98. The molecule has 1 heterocycles. The average Bonchev–Trinajstić information content (AvgIpc) is 2.49. The lowest BCUT2D eigenvalue weighted by molar-refractivity contribution is -0.246. The van der Waals surface area contributed by atoms with Gasteiger partial charge in [-0.15, -0.1) is 0 Å². The number of aliphatic hydroxyl groups is 6. The van der Waals surface area contributed by atoms with E-state index in [0.717, 1.165) is 0 Å². The number of ether oxygens (including phenoxy) is 1. The Morgan fingerprint density at radius 1 is 1.09 bits per heavy atom. The van der Waals surface area contributed by atoms with Gasteiger partial charge < -0.3 is 41.1 Å². The second-order valence-electron chi connectivity index (χ2n) is 5.19. The summed E-state index contributed by atoms with van der Waals surface area (Å²) in [5, 5.41) is 56.8. The molecule has 7 atom stereocenters. The monoisotopic (exact) mass is 323 g/mol. The van der Waals surface area contributed by atoms with Crippen molar-refractivity contribution < 1.29 is 45.0 Å². The number of aliphatic hydroxyl groups excluding tert-OH is 6. The smallest absolute Gasteiger partial charge is 0.223 e. The van der Waals surface area contributed by atoms with Gasteiger partial charge in [0.05, 0.1) is 19.1 Å². The highest BCUT2D eigenvalue weighted by Gasteiger charge is 2.47. The zero-order valence-corrected chi connectivity index (χ0v) is 11.6. The molecule has 0 spiro atoms. The minimum Gasteiger partial charge on any atom is -0.396 e. The lowest BCUT2D eigenvalue weighted by Gasteiger charge is -2.41. The Morgan fingerprint density at radius 2 is 1.68 bits per heavy atom. The van der Waals surface area contributed by atoms with Crippen molar-refractivity contribution in [3.8, 4) is 0 Å². The molecule has 1 saturated heterocycles. The number of primary amides is 1. The molecule has 0 aromatic rings. The van der Waals surface area contributed by atoms with E-state index in [1.165, 1.54) is 0 Å². The number of Topliss-reactive ketones (excluding diaryl/α,β-unsaturated/α-hetero) is 1. The highest BCUT2D eigenvalue weighted by molar-refractivity contribution is 5.89. The Balaban J connectivity index is 2.80. The van der Waals surface area contributed by atoms with E-state index in [1.54, 1.807) is 0 Å². The number of nitrogens with two attached hydrogens (primary N) is 1. The molecular weight excluding hydrogens is 302 g/mol. The topological polar surface area (TPSA) is 191 Å². The van der Waals surface area contributed by atoms with E-state index < -0.39 is 73.9 Å². The van der Waals surface area contributed by atoms with Gasteiger partial charge in [0, 0.05) is 6.42 Å². The van der Waals surface area contributed by atoms with Gasteiger partial charge in [0.25, 0.3) is 0 Å². The van der Waals surface area contributed by atoms with Gasteiger partial charge in [-0.1, -0.05) is 0 Å². The maximum Gasteiger partial charge on any atom is 0.223 e. The van der Waals surface area contributed by atoms with Gasteiger partial charge >= 0.3 is 0 Å². The number of carbonyl (C=O) groups is 2. The minimum atomic E-state index is -1.93. The molecule has 128 valence electrons. The Kier molecular flexibility index (Phi) is 6.81. The summed E-state index contributed by atoms with van der Waals surface area (Å²) in [4.78, 5) is 22.8. The van der Waals surface area contributed by atoms with Crippen molar-refractivity contribution in [3.63, 3.8) is 0 Å². The molecule has 8 N–H and O–H groups in total. The molecule has 1 fully saturated rings. The van der Waals surface area contributed by atoms with Crippen LogP contribution in [-0.4, -0.2) is 92.2 Å². The standard InChI is InChI=1S/C12H21NO9/c13-12(21)4(2-14)1-5(16)7(17)11-10(20)9(19)8(18)6(3-15)22-11/h4,6-11,14-15,17-20H,1-3H2,(H2,13,21)/t4-,6-,7?,8-,9+,10?,11+/m1/s1. The van der Waals surface area contributed by atoms with Crippen molar-refractivity contribution in [2.24, 2.45) is 11.7 Å². The maximum atomic E-state index is 11.9. The van der Waals surface area contributed by atoms with E-state index in [4.69, 9.17) is 20.7 Å². The number of ketones is 1. The summed E-state index contributed by atoms with van der Waals surface area (Å²) < 4.78 is 5.03. The first-order chi connectivity index (χ1) is 10.2. The fraction of sp³-hybridized carbons (Fsp3) is 0.833. The SMILES string of the molecule is NC(=O)[C@@H](CO)CC(=O)C(O)[C@@H]1O[C@H](CO)[C@@H](O)[C@H](O)C1O. The van der Waals surface area contributed by atoms with Crippen LogP contribution >= 0.6 is 0 Å². The third-order valence-corrected chi connectivity index (χ3v) is 3.64. The Morgan fingerprint density at radius 3 is 2.14 bits per heavy atom. The molecule has 22 heavy (non-hydrogen) atoms. The number of hydrogen-bond donors (Lipinski definition) is 7. The lowest BCUT2D eigenvalue weighted by Crippen LogP contribution is -2.62. The third-order valence-electron chi connectivity index (χ3n) is 3.64. The van der Waals surface area contributed by atoms with Crippen LogP contribution in [0, 0.1) is 5.92 Å². The van der Waals surface area contributed by atoms with Crippen LogP contribution in [0.5, 0.6) is 0 Å². The van der Waals surface area contributed by atoms with Crippen molar-refractivity contribution in [3.05, 3.63) is 0 Å². The molecule has 0 aromatic carbocycles. The summed E-state index contributed by atoms with van der Waals surface area (Å²) in [6.07, 6.45) is -10.5. The molecule has 0 aliphatic carbocycles. The van der Waals surface area contributed by atoms with Gasteiger partial charge in [0.1, 0.15) is 36.6 Å². The molecule has 0 bridgehead atoms. The fourth-order valence-corrected chi connectivity index (χ4v) is 2.19. The average molecular weight is 323 g/mol. The normalized spacial score (nSPS) is 34.9. The Hall–Kier alpha value is -1.14. The van der Waals surface area contributed by atoms with Crippen LogP contribution in [0.4, 0.5) is 0 Å². The van der Waals surface area contributed by atoms with Gasteiger partial charge in [-0.3, -0.25) is 9.59 Å². The number of hydrogen-bond acceptors (Lipinski definition) is 9. The first-order valence-electron chi connectivity index (χ1n) is 6.66. The molecule has 1 aliphatic heterocycles. The van der Waals surface area contributed by atoms with Crippen LogP contribution in [0.1, 0.15) is 6.42 Å². The number of rotatable bonds is 7. The molecule has 0 radical (unpaired) electrons. The Bertz CT molecular complexity index is 402. The molecule has 1 aliphatic rings. The van der Waals surface area contributed by atoms with Gasteiger partial charge in [0.15, 0.2) is 5.78 Å². The van der Waals surface area contributed by atoms with Crippen molar-refractivity contribution in [1.29, 1.82) is 0 Å². The predicted octanol–water partition coefficient (Wildman–Crippen LogP) is -4.76. The summed E-state index contributed by atoms with van der Waals surface area (Å²) in [5.41, 5.74) is 4.97. The quantitative estimate of drug-likeness (QED) is 0.241. The van der Waals surface area contributed by atoms with E-state index in [-0.39, 0.29) is 0 Å². The van der Waals surface area contributed by atoms with Crippen molar-refractivity contribution in [2.75, 3.05) is 13.2 Å².